The number of nitrogens with one attached hydrogen (secondary N) is 1. The van der Waals surface area contributed by atoms with Gasteiger partial charge in [-0.1, -0.05) is 11.2 Å². The summed E-state index contributed by atoms with van der Waals surface area (Å²) in [6.07, 6.45) is 1.75. The molecule has 1 atom stereocenters. The number of piperidine rings is 1. The van der Waals surface area contributed by atoms with Crippen molar-refractivity contribution < 1.29 is 13.7 Å². The van der Waals surface area contributed by atoms with Crippen molar-refractivity contribution in [2.75, 3.05) is 18.4 Å². The number of anilines is 1. The predicted octanol–water partition coefficient (Wildman–Crippen LogP) is 3.79. The molecule has 3 aromatic rings. The molecule has 1 aromatic carbocycles. The van der Waals surface area contributed by atoms with Gasteiger partial charge < -0.3 is 9.84 Å². The van der Waals surface area contributed by atoms with Crippen LogP contribution in [-0.2, 0) is 11.3 Å². The quantitative estimate of drug-likeness (QED) is 0.722. The van der Waals surface area contributed by atoms with Crippen LogP contribution in [0.2, 0.25) is 0 Å². The number of hydrogen-bond acceptors (Lipinski definition) is 6. The normalized spacial score (nSPS) is 17.7. The Morgan fingerprint density at radius 2 is 2.19 bits per heavy atom. The van der Waals surface area contributed by atoms with Crippen LogP contribution in [0, 0.1) is 11.7 Å². The fourth-order valence-corrected chi connectivity index (χ4v) is 3.86. The SMILES string of the molecule is O=C(Nc1ccc(F)cc1)C1CCCN(Cc2nc(-c3cccs3)no2)C1. The molecule has 1 aliphatic heterocycles. The Hall–Kier alpha value is -2.58. The van der Waals surface area contributed by atoms with Gasteiger partial charge in [0.2, 0.25) is 17.6 Å². The molecule has 1 saturated heterocycles. The number of nitrogens with zero attached hydrogens (tertiary/aromatic N) is 3. The standard InChI is InChI=1S/C19H19FN4O2S/c20-14-5-7-15(8-6-14)21-19(25)13-3-1-9-24(11-13)12-17-22-18(23-26-17)16-4-2-10-27-16/h2,4-8,10,13H,1,3,9,11-12H2,(H,21,25). The fourth-order valence-electron chi connectivity index (χ4n) is 3.21. The fraction of sp³-hybridized carbons (Fsp3) is 0.316. The van der Waals surface area contributed by atoms with Crippen molar-refractivity contribution >= 4 is 22.9 Å². The van der Waals surface area contributed by atoms with Crippen molar-refractivity contribution in [2.24, 2.45) is 5.92 Å². The lowest BCUT2D eigenvalue weighted by atomic mass is 9.97. The van der Waals surface area contributed by atoms with E-state index in [1.807, 2.05) is 17.5 Å². The summed E-state index contributed by atoms with van der Waals surface area (Å²) in [6.45, 7) is 2.04. The Labute approximate surface area is 160 Å². The molecule has 1 unspecified atom stereocenters. The summed E-state index contributed by atoms with van der Waals surface area (Å²) >= 11 is 1.57. The molecule has 0 aliphatic carbocycles. The van der Waals surface area contributed by atoms with E-state index in [4.69, 9.17) is 4.52 Å². The summed E-state index contributed by atoms with van der Waals surface area (Å²) in [5.74, 6) is 0.665. The molecule has 8 heteroatoms. The predicted molar refractivity (Wildman–Crippen MR) is 101 cm³/mol. The minimum absolute atomic E-state index is 0.0453. The largest absolute Gasteiger partial charge is 0.338 e. The zero-order valence-electron chi connectivity index (χ0n) is 14.6. The third-order valence-electron chi connectivity index (χ3n) is 4.56. The highest BCUT2D eigenvalue weighted by Gasteiger charge is 2.27. The molecule has 4 rings (SSSR count). The first-order valence-electron chi connectivity index (χ1n) is 8.82. The minimum Gasteiger partial charge on any atom is -0.338 e. The van der Waals surface area contributed by atoms with Gasteiger partial charge in [0.1, 0.15) is 5.82 Å². The molecule has 1 aliphatic rings. The van der Waals surface area contributed by atoms with Gasteiger partial charge in [0.15, 0.2) is 0 Å². The van der Waals surface area contributed by atoms with E-state index in [0.29, 0.717) is 30.5 Å². The van der Waals surface area contributed by atoms with Crippen LogP contribution in [0.1, 0.15) is 18.7 Å². The molecule has 1 N–H and O–H groups in total. The molecule has 27 heavy (non-hydrogen) atoms. The van der Waals surface area contributed by atoms with Crippen molar-refractivity contribution in [3.8, 4) is 10.7 Å². The molecule has 1 fully saturated rings. The number of carbonyl (C=O) groups excluding carboxylic acids is 1. The highest BCUT2D eigenvalue weighted by Crippen LogP contribution is 2.23. The highest BCUT2D eigenvalue weighted by molar-refractivity contribution is 7.13. The molecular weight excluding hydrogens is 367 g/mol. The van der Waals surface area contributed by atoms with Gasteiger partial charge in [0.05, 0.1) is 17.3 Å². The first-order valence-corrected chi connectivity index (χ1v) is 9.70. The summed E-state index contributed by atoms with van der Waals surface area (Å²) in [4.78, 5) is 20.1. The highest BCUT2D eigenvalue weighted by atomic mass is 32.1. The Morgan fingerprint density at radius 3 is 2.96 bits per heavy atom. The number of benzene rings is 1. The van der Waals surface area contributed by atoms with Crippen molar-refractivity contribution in [1.29, 1.82) is 0 Å². The Bertz CT molecular complexity index is 895. The topological polar surface area (TPSA) is 71.3 Å². The summed E-state index contributed by atoms with van der Waals surface area (Å²) in [5.41, 5.74) is 0.607. The second-order valence-electron chi connectivity index (χ2n) is 6.56. The van der Waals surface area contributed by atoms with Crippen LogP contribution in [0.3, 0.4) is 0 Å². The zero-order valence-corrected chi connectivity index (χ0v) is 15.4. The molecule has 3 heterocycles. The molecule has 0 radical (unpaired) electrons. The van der Waals surface area contributed by atoms with Crippen LogP contribution in [0.15, 0.2) is 46.3 Å². The van der Waals surface area contributed by atoms with Crippen molar-refractivity contribution in [2.45, 2.75) is 19.4 Å². The van der Waals surface area contributed by atoms with Gasteiger partial charge >= 0.3 is 0 Å². The van der Waals surface area contributed by atoms with Gasteiger partial charge in [-0.3, -0.25) is 9.69 Å². The zero-order chi connectivity index (χ0) is 18.6. The average molecular weight is 386 g/mol. The number of likely N-dealkylation sites (tertiary alicyclic amines) is 1. The average Bonchev–Trinajstić information content (AvgIpc) is 3.35. The van der Waals surface area contributed by atoms with E-state index in [1.54, 1.807) is 23.5 Å². The first-order chi connectivity index (χ1) is 13.2. The lowest BCUT2D eigenvalue weighted by Gasteiger charge is -2.30. The number of amides is 1. The maximum Gasteiger partial charge on any atom is 0.241 e. The molecule has 6 nitrogen and oxygen atoms in total. The monoisotopic (exact) mass is 386 g/mol. The molecule has 0 bridgehead atoms. The maximum atomic E-state index is 13.0. The van der Waals surface area contributed by atoms with Crippen molar-refractivity contribution in [1.82, 2.24) is 15.0 Å². The van der Waals surface area contributed by atoms with Crippen LogP contribution >= 0.6 is 11.3 Å². The van der Waals surface area contributed by atoms with E-state index in [0.717, 1.165) is 24.3 Å². The third kappa shape index (κ3) is 4.40. The van der Waals surface area contributed by atoms with E-state index in [2.05, 4.69) is 20.4 Å². The van der Waals surface area contributed by atoms with E-state index < -0.39 is 0 Å². The summed E-state index contributed by atoms with van der Waals surface area (Å²) in [6, 6.07) is 9.71. The van der Waals surface area contributed by atoms with Crippen LogP contribution in [-0.4, -0.2) is 34.0 Å². The third-order valence-corrected chi connectivity index (χ3v) is 5.42. The summed E-state index contributed by atoms with van der Waals surface area (Å²) in [7, 11) is 0. The molecular formula is C19H19FN4O2S. The Balaban J connectivity index is 1.35. The smallest absolute Gasteiger partial charge is 0.241 e. The van der Waals surface area contributed by atoms with E-state index in [-0.39, 0.29) is 17.6 Å². The second-order valence-corrected chi connectivity index (χ2v) is 7.51. The lowest BCUT2D eigenvalue weighted by Crippen LogP contribution is -2.40. The molecule has 0 spiro atoms. The first kappa shape index (κ1) is 17.8. The van der Waals surface area contributed by atoms with E-state index in [1.165, 1.54) is 12.1 Å². The second kappa shape index (κ2) is 7.98. The number of carbonyl (C=O) groups is 1. The van der Waals surface area contributed by atoms with Gasteiger partial charge in [-0.2, -0.15) is 4.98 Å². The number of thiophene rings is 1. The van der Waals surface area contributed by atoms with Crippen LogP contribution in [0.25, 0.3) is 10.7 Å². The van der Waals surface area contributed by atoms with Crippen molar-refractivity contribution in [3.63, 3.8) is 0 Å². The minimum atomic E-state index is -0.321. The van der Waals surface area contributed by atoms with Crippen LogP contribution in [0.4, 0.5) is 10.1 Å². The van der Waals surface area contributed by atoms with Crippen LogP contribution in [0.5, 0.6) is 0 Å². The number of aromatic nitrogens is 2. The van der Waals surface area contributed by atoms with Crippen LogP contribution < -0.4 is 5.32 Å². The lowest BCUT2D eigenvalue weighted by molar-refractivity contribution is -0.121. The molecule has 2 aromatic heterocycles. The number of hydrogen-bond donors (Lipinski definition) is 1. The van der Waals surface area contributed by atoms with Gasteiger partial charge in [-0.15, -0.1) is 11.3 Å². The van der Waals surface area contributed by atoms with E-state index in [9.17, 15) is 9.18 Å². The summed E-state index contributed by atoms with van der Waals surface area (Å²) in [5, 5.41) is 8.87. The molecule has 140 valence electrons. The molecule has 0 saturated carbocycles. The maximum absolute atomic E-state index is 13.0. The van der Waals surface area contributed by atoms with Gasteiger partial charge in [0, 0.05) is 12.2 Å². The van der Waals surface area contributed by atoms with Gasteiger partial charge in [-0.25, -0.2) is 4.39 Å². The van der Waals surface area contributed by atoms with Gasteiger partial charge in [0.25, 0.3) is 0 Å². The summed E-state index contributed by atoms with van der Waals surface area (Å²) < 4.78 is 18.4. The van der Waals surface area contributed by atoms with Crippen molar-refractivity contribution in [3.05, 3.63) is 53.5 Å². The van der Waals surface area contributed by atoms with Gasteiger partial charge in [-0.05, 0) is 55.1 Å². The Kier molecular flexibility index (Phi) is 5.26. The number of rotatable bonds is 5. The van der Waals surface area contributed by atoms with E-state index >= 15 is 0 Å². The molecule has 1 amide bonds. The Morgan fingerprint density at radius 1 is 1.33 bits per heavy atom. The number of halogens is 1.